The molecular formula is C20H23NO5. The first-order valence-corrected chi connectivity index (χ1v) is 8.51. The molecule has 0 aliphatic rings. The van der Waals surface area contributed by atoms with Crippen LogP contribution < -0.4 is 14.8 Å². The fourth-order valence-electron chi connectivity index (χ4n) is 2.25. The fourth-order valence-corrected chi connectivity index (χ4v) is 2.25. The molecule has 0 saturated heterocycles. The van der Waals surface area contributed by atoms with Crippen molar-refractivity contribution in [1.29, 1.82) is 0 Å². The molecule has 138 valence electrons. The smallest absolute Gasteiger partial charge is 0.325 e. The molecule has 2 rings (SSSR count). The van der Waals surface area contributed by atoms with Crippen molar-refractivity contribution in [3.05, 3.63) is 54.1 Å². The molecule has 0 spiro atoms. The molecule has 0 aliphatic carbocycles. The van der Waals surface area contributed by atoms with E-state index < -0.39 is 0 Å². The molecule has 6 nitrogen and oxygen atoms in total. The molecule has 0 aromatic heterocycles. The van der Waals surface area contributed by atoms with E-state index in [0.29, 0.717) is 36.0 Å². The highest BCUT2D eigenvalue weighted by Crippen LogP contribution is 2.29. The van der Waals surface area contributed by atoms with Crippen LogP contribution >= 0.6 is 0 Å². The zero-order valence-corrected chi connectivity index (χ0v) is 15.0. The van der Waals surface area contributed by atoms with Gasteiger partial charge < -0.3 is 19.5 Å². The Morgan fingerprint density at radius 2 is 1.73 bits per heavy atom. The molecule has 0 aliphatic heterocycles. The zero-order chi connectivity index (χ0) is 18.8. The zero-order valence-electron chi connectivity index (χ0n) is 15.0. The lowest BCUT2D eigenvalue weighted by Gasteiger charge is -2.14. The molecular weight excluding hydrogens is 334 g/mol. The van der Waals surface area contributed by atoms with Gasteiger partial charge >= 0.3 is 5.97 Å². The third-order valence-electron chi connectivity index (χ3n) is 3.45. The Labute approximate surface area is 153 Å². The van der Waals surface area contributed by atoms with Gasteiger partial charge in [-0.05, 0) is 26.0 Å². The van der Waals surface area contributed by atoms with Crippen molar-refractivity contribution >= 4 is 17.4 Å². The molecule has 6 heteroatoms. The van der Waals surface area contributed by atoms with E-state index in [1.165, 1.54) is 0 Å². The highest BCUT2D eigenvalue weighted by molar-refractivity contribution is 5.97. The number of carbonyl (C=O) groups is 2. The first kappa shape index (κ1) is 19.3. The maximum absolute atomic E-state index is 12.1. The van der Waals surface area contributed by atoms with E-state index >= 15 is 0 Å². The van der Waals surface area contributed by atoms with Crippen LogP contribution in [0.1, 0.15) is 24.2 Å². The number of benzene rings is 2. The lowest BCUT2D eigenvalue weighted by atomic mass is 10.1. The molecule has 2 aromatic rings. The molecule has 0 atom stereocenters. The van der Waals surface area contributed by atoms with Gasteiger partial charge in [0.25, 0.3) is 0 Å². The fraction of sp³-hybridized carbons (Fsp3) is 0.300. The van der Waals surface area contributed by atoms with Crippen molar-refractivity contribution < 1.29 is 23.8 Å². The summed E-state index contributed by atoms with van der Waals surface area (Å²) in [7, 11) is 0. The Bertz CT molecular complexity index is 730. The van der Waals surface area contributed by atoms with Gasteiger partial charge in [0.2, 0.25) is 0 Å². The average Bonchev–Trinajstić information content (AvgIpc) is 2.66. The van der Waals surface area contributed by atoms with Crippen molar-refractivity contribution in [3.8, 4) is 11.5 Å². The molecule has 0 amide bonds. The molecule has 1 N–H and O–H groups in total. The van der Waals surface area contributed by atoms with Gasteiger partial charge in [-0.15, -0.1) is 0 Å². The monoisotopic (exact) mass is 357 g/mol. The number of ketones is 1. The van der Waals surface area contributed by atoms with Gasteiger partial charge in [-0.25, -0.2) is 0 Å². The largest absolute Gasteiger partial charge is 0.492 e. The minimum atomic E-state index is -0.344. The van der Waals surface area contributed by atoms with E-state index in [9.17, 15) is 9.59 Å². The minimum absolute atomic E-state index is 0.0423. The van der Waals surface area contributed by atoms with Crippen LogP contribution in [0.2, 0.25) is 0 Å². The summed E-state index contributed by atoms with van der Waals surface area (Å²) >= 11 is 0. The number of anilines is 1. The Hall–Kier alpha value is -3.02. The minimum Gasteiger partial charge on any atom is -0.492 e. The SMILES string of the molecule is CCOC(=O)CNc1ccc(OCC(=O)c2ccccc2)cc1OCC. The van der Waals surface area contributed by atoms with E-state index in [-0.39, 0.29) is 24.9 Å². The summed E-state index contributed by atoms with van der Waals surface area (Å²) in [6, 6.07) is 14.1. The standard InChI is InChI=1S/C20H23NO5/c1-3-24-19-12-16(10-11-17(19)21-13-20(23)25-4-2)26-14-18(22)15-8-6-5-7-9-15/h5-12,21H,3-4,13-14H2,1-2H3. The van der Waals surface area contributed by atoms with E-state index in [2.05, 4.69) is 5.32 Å². The van der Waals surface area contributed by atoms with E-state index in [1.807, 2.05) is 25.1 Å². The van der Waals surface area contributed by atoms with Crippen LogP contribution in [0.5, 0.6) is 11.5 Å². The van der Waals surface area contributed by atoms with Gasteiger partial charge in [0.1, 0.15) is 18.0 Å². The quantitative estimate of drug-likeness (QED) is 0.519. The van der Waals surface area contributed by atoms with Crippen molar-refractivity contribution in [2.75, 3.05) is 31.7 Å². The second-order valence-electron chi connectivity index (χ2n) is 5.33. The third-order valence-corrected chi connectivity index (χ3v) is 3.45. The summed E-state index contributed by atoms with van der Waals surface area (Å²) in [6.07, 6.45) is 0. The average molecular weight is 357 g/mol. The van der Waals surface area contributed by atoms with Crippen LogP contribution in [-0.2, 0) is 9.53 Å². The number of carbonyl (C=O) groups excluding carboxylic acids is 2. The van der Waals surface area contributed by atoms with Crippen molar-refractivity contribution in [2.24, 2.45) is 0 Å². The van der Waals surface area contributed by atoms with Crippen LogP contribution in [0.3, 0.4) is 0 Å². The van der Waals surface area contributed by atoms with Gasteiger partial charge in [-0.3, -0.25) is 9.59 Å². The van der Waals surface area contributed by atoms with E-state index in [4.69, 9.17) is 14.2 Å². The molecule has 0 unspecified atom stereocenters. The summed E-state index contributed by atoms with van der Waals surface area (Å²) in [5.74, 6) is 0.609. The predicted octanol–water partition coefficient (Wildman–Crippen LogP) is 3.32. The number of nitrogens with one attached hydrogen (secondary N) is 1. The van der Waals surface area contributed by atoms with Crippen molar-refractivity contribution in [3.63, 3.8) is 0 Å². The summed E-state index contributed by atoms with van der Waals surface area (Å²) < 4.78 is 16.1. The first-order chi connectivity index (χ1) is 12.6. The number of Topliss-reactive ketones (excluding diaryl/α,β-unsaturated/α-hetero) is 1. The molecule has 0 bridgehead atoms. The Kier molecular flexibility index (Phi) is 7.49. The predicted molar refractivity (Wildman–Crippen MR) is 99.0 cm³/mol. The summed E-state index contributed by atoms with van der Waals surface area (Å²) in [4.78, 5) is 23.6. The maximum Gasteiger partial charge on any atom is 0.325 e. The second kappa shape index (κ2) is 10.1. The Morgan fingerprint density at radius 1 is 0.962 bits per heavy atom. The van der Waals surface area contributed by atoms with Crippen LogP contribution in [0, 0.1) is 0 Å². The molecule has 0 fully saturated rings. The third kappa shape index (κ3) is 5.81. The molecule has 0 radical (unpaired) electrons. The number of ether oxygens (including phenoxy) is 3. The molecule has 0 saturated carbocycles. The van der Waals surface area contributed by atoms with Crippen molar-refractivity contribution in [1.82, 2.24) is 0 Å². The van der Waals surface area contributed by atoms with Gasteiger partial charge in [-0.2, -0.15) is 0 Å². The number of esters is 1. The molecule has 26 heavy (non-hydrogen) atoms. The lowest BCUT2D eigenvalue weighted by Crippen LogP contribution is -2.17. The van der Waals surface area contributed by atoms with Gasteiger partial charge in [-0.1, -0.05) is 30.3 Å². The lowest BCUT2D eigenvalue weighted by molar-refractivity contribution is -0.140. The van der Waals surface area contributed by atoms with Crippen LogP contribution in [0.15, 0.2) is 48.5 Å². The van der Waals surface area contributed by atoms with Crippen LogP contribution in [0.4, 0.5) is 5.69 Å². The van der Waals surface area contributed by atoms with E-state index in [0.717, 1.165) is 0 Å². The molecule has 2 aromatic carbocycles. The van der Waals surface area contributed by atoms with E-state index in [1.54, 1.807) is 37.3 Å². The number of hydrogen-bond donors (Lipinski definition) is 1. The second-order valence-corrected chi connectivity index (χ2v) is 5.33. The number of hydrogen-bond acceptors (Lipinski definition) is 6. The first-order valence-electron chi connectivity index (χ1n) is 8.51. The Morgan fingerprint density at radius 3 is 2.42 bits per heavy atom. The van der Waals surface area contributed by atoms with Gasteiger partial charge in [0.15, 0.2) is 12.4 Å². The van der Waals surface area contributed by atoms with Crippen LogP contribution in [-0.4, -0.2) is 38.1 Å². The highest BCUT2D eigenvalue weighted by atomic mass is 16.5. The topological polar surface area (TPSA) is 73.9 Å². The Balaban J connectivity index is 2.00. The van der Waals surface area contributed by atoms with Gasteiger partial charge in [0.05, 0.1) is 18.9 Å². The molecule has 0 heterocycles. The van der Waals surface area contributed by atoms with Gasteiger partial charge in [0, 0.05) is 11.6 Å². The van der Waals surface area contributed by atoms with Crippen molar-refractivity contribution in [2.45, 2.75) is 13.8 Å². The highest BCUT2D eigenvalue weighted by Gasteiger charge is 2.10. The van der Waals surface area contributed by atoms with Crippen LogP contribution in [0.25, 0.3) is 0 Å². The maximum atomic E-state index is 12.1. The normalized spacial score (nSPS) is 10.1. The summed E-state index contributed by atoms with van der Waals surface area (Å²) in [6.45, 7) is 4.39. The summed E-state index contributed by atoms with van der Waals surface area (Å²) in [5, 5.41) is 2.98. The summed E-state index contributed by atoms with van der Waals surface area (Å²) in [5.41, 5.74) is 1.26. The number of rotatable bonds is 10.